The van der Waals surface area contributed by atoms with Crippen LogP contribution in [-0.4, -0.2) is 28.4 Å². The van der Waals surface area contributed by atoms with E-state index >= 15 is 0 Å². The number of hydrogen-bond acceptors (Lipinski definition) is 4. The number of aromatic carboxylic acids is 1. The lowest BCUT2D eigenvalue weighted by atomic mass is 9.99. The van der Waals surface area contributed by atoms with Crippen LogP contribution in [0.5, 0.6) is 17.2 Å². The maximum Gasteiger partial charge on any atom is 0.343 e. The fourth-order valence-electron chi connectivity index (χ4n) is 2.12. The molecule has 0 radical (unpaired) electrons. The van der Waals surface area contributed by atoms with E-state index in [1.54, 1.807) is 0 Å². The maximum absolute atomic E-state index is 11.2. The van der Waals surface area contributed by atoms with Crippen molar-refractivity contribution in [3.63, 3.8) is 0 Å². The number of ether oxygens (including phenoxy) is 1. The van der Waals surface area contributed by atoms with Crippen LogP contribution in [0.4, 0.5) is 0 Å². The predicted molar refractivity (Wildman–Crippen MR) is 77.3 cm³/mol. The summed E-state index contributed by atoms with van der Waals surface area (Å²) in [5.74, 6) is -2.06. The van der Waals surface area contributed by atoms with E-state index in [1.807, 2.05) is 31.2 Å². The number of phenols is 2. The van der Waals surface area contributed by atoms with Crippen LogP contribution in [0.2, 0.25) is 0 Å². The molecular formula is C16H16O5. The SMILES string of the molecule is COc1cc(O)c(Cc2ccc(C)cc2)c(O)c1C(=O)O. The first-order valence-corrected chi connectivity index (χ1v) is 6.34. The summed E-state index contributed by atoms with van der Waals surface area (Å²) >= 11 is 0. The van der Waals surface area contributed by atoms with Crippen LogP contribution >= 0.6 is 0 Å². The Morgan fingerprint density at radius 3 is 2.33 bits per heavy atom. The number of aryl methyl sites for hydroxylation is 1. The summed E-state index contributed by atoms with van der Waals surface area (Å²) in [6.07, 6.45) is 0.224. The maximum atomic E-state index is 11.2. The molecule has 0 aliphatic rings. The van der Waals surface area contributed by atoms with E-state index in [9.17, 15) is 20.1 Å². The number of aromatic hydroxyl groups is 2. The molecule has 0 spiro atoms. The zero-order chi connectivity index (χ0) is 15.6. The Bertz CT molecular complexity index is 674. The van der Waals surface area contributed by atoms with Crippen molar-refractivity contribution in [3.05, 3.63) is 52.6 Å². The van der Waals surface area contributed by atoms with Gasteiger partial charge in [-0.3, -0.25) is 0 Å². The van der Waals surface area contributed by atoms with E-state index in [1.165, 1.54) is 13.2 Å². The van der Waals surface area contributed by atoms with Crippen molar-refractivity contribution in [1.29, 1.82) is 0 Å². The Morgan fingerprint density at radius 2 is 1.81 bits per heavy atom. The number of phenolic OH excluding ortho intramolecular Hbond substituents is 1. The van der Waals surface area contributed by atoms with Gasteiger partial charge in [0.05, 0.1) is 7.11 Å². The molecule has 0 atom stereocenters. The molecule has 5 heteroatoms. The van der Waals surface area contributed by atoms with Gasteiger partial charge in [-0.25, -0.2) is 4.79 Å². The van der Waals surface area contributed by atoms with Gasteiger partial charge in [0.15, 0.2) is 0 Å². The third-order valence-corrected chi connectivity index (χ3v) is 3.28. The number of rotatable bonds is 4. The van der Waals surface area contributed by atoms with Gasteiger partial charge < -0.3 is 20.1 Å². The topological polar surface area (TPSA) is 87.0 Å². The van der Waals surface area contributed by atoms with Crippen molar-refractivity contribution in [2.45, 2.75) is 13.3 Å². The van der Waals surface area contributed by atoms with Gasteiger partial charge in [0.25, 0.3) is 0 Å². The highest BCUT2D eigenvalue weighted by Gasteiger charge is 2.23. The van der Waals surface area contributed by atoms with E-state index in [4.69, 9.17) is 4.74 Å². The summed E-state index contributed by atoms with van der Waals surface area (Å²) in [5.41, 5.74) is 1.76. The van der Waals surface area contributed by atoms with Gasteiger partial charge in [-0.2, -0.15) is 0 Å². The van der Waals surface area contributed by atoms with Crippen molar-refractivity contribution < 1.29 is 24.9 Å². The van der Waals surface area contributed by atoms with E-state index in [2.05, 4.69) is 0 Å². The second-order valence-corrected chi connectivity index (χ2v) is 4.77. The van der Waals surface area contributed by atoms with Crippen molar-refractivity contribution in [1.82, 2.24) is 0 Å². The third kappa shape index (κ3) is 2.91. The standard InChI is InChI=1S/C16H16O5/c1-9-3-5-10(6-4-9)7-11-12(17)8-13(21-2)14(15(11)18)16(19)20/h3-6,8,17-18H,7H2,1-2H3,(H,19,20). The molecule has 0 saturated heterocycles. The molecule has 0 fully saturated rings. The van der Waals surface area contributed by atoms with Gasteiger partial charge in [0, 0.05) is 18.1 Å². The summed E-state index contributed by atoms with van der Waals surface area (Å²) in [6.45, 7) is 1.95. The molecule has 0 bridgehead atoms. The molecule has 21 heavy (non-hydrogen) atoms. The van der Waals surface area contributed by atoms with E-state index in [-0.39, 0.29) is 29.0 Å². The first-order chi connectivity index (χ1) is 9.93. The fraction of sp³-hybridized carbons (Fsp3) is 0.188. The summed E-state index contributed by atoms with van der Waals surface area (Å²) in [4.78, 5) is 11.2. The molecule has 0 amide bonds. The number of carbonyl (C=O) groups is 1. The Hall–Kier alpha value is -2.69. The van der Waals surface area contributed by atoms with Crippen LogP contribution in [0.1, 0.15) is 27.0 Å². The van der Waals surface area contributed by atoms with Crippen molar-refractivity contribution in [2.24, 2.45) is 0 Å². The zero-order valence-electron chi connectivity index (χ0n) is 11.8. The Balaban J connectivity index is 2.51. The molecule has 2 aromatic rings. The summed E-state index contributed by atoms with van der Waals surface area (Å²) in [7, 11) is 1.28. The molecule has 0 saturated carbocycles. The number of methoxy groups -OCH3 is 1. The molecular weight excluding hydrogens is 272 g/mol. The lowest BCUT2D eigenvalue weighted by Crippen LogP contribution is -2.04. The molecule has 0 aromatic heterocycles. The second-order valence-electron chi connectivity index (χ2n) is 4.77. The number of carboxylic acid groups (broad SMARTS) is 1. The van der Waals surface area contributed by atoms with Gasteiger partial charge >= 0.3 is 5.97 Å². The Kier molecular flexibility index (Phi) is 4.03. The van der Waals surface area contributed by atoms with Crippen LogP contribution in [0, 0.1) is 6.92 Å². The van der Waals surface area contributed by atoms with Crippen LogP contribution in [0.25, 0.3) is 0 Å². The van der Waals surface area contributed by atoms with E-state index < -0.39 is 11.7 Å². The minimum absolute atomic E-state index is 0.0786. The minimum atomic E-state index is -1.31. The van der Waals surface area contributed by atoms with Crippen LogP contribution in [0.15, 0.2) is 30.3 Å². The molecule has 110 valence electrons. The predicted octanol–water partition coefficient (Wildman–Crippen LogP) is 2.70. The van der Waals surface area contributed by atoms with E-state index in [0.717, 1.165) is 11.1 Å². The summed E-state index contributed by atoms with van der Waals surface area (Å²) in [6, 6.07) is 8.74. The monoisotopic (exact) mass is 288 g/mol. The average Bonchev–Trinajstić information content (AvgIpc) is 2.44. The highest BCUT2D eigenvalue weighted by molar-refractivity contribution is 5.95. The molecule has 0 aliphatic carbocycles. The first kappa shape index (κ1) is 14.7. The van der Waals surface area contributed by atoms with Crippen molar-refractivity contribution >= 4 is 5.97 Å². The van der Waals surface area contributed by atoms with Crippen LogP contribution in [0.3, 0.4) is 0 Å². The molecule has 2 aromatic carbocycles. The number of hydrogen-bond donors (Lipinski definition) is 3. The van der Waals surface area contributed by atoms with Crippen LogP contribution in [-0.2, 0) is 6.42 Å². The molecule has 0 heterocycles. The van der Waals surface area contributed by atoms with Crippen LogP contribution < -0.4 is 4.74 Å². The van der Waals surface area contributed by atoms with E-state index in [0.29, 0.717) is 0 Å². The smallest absolute Gasteiger partial charge is 0.343 e. The van der Waals surface area contributed by atoms with Gasteiger partial charge in [-0.15, -0.1) is 0 Å². The zero-order valence-corrected chi connectivity index (χ0v) is 11.8. The highest BCUT2D eigenvalue weighted by Crippen LogP contribution is 2.39. The fourth-order valence-corrected chi connectivity index (χ4v) is 2.12. The molecule has 0 aliphatic heterocycles. The Labute approximate surface area is 122 Å². The average molecular weight is 288 g/mol. The minimum Gasteiger partial charge on any atom is -0.507 e. The third-order valence-electron chi connectivity index (χ3n) is 3.28. The highest BCUT2D eigenvalue weighted by atomic mass is 16.5. The Morgan fingerprint density at radius 1 is 1.19 bits per heavy atom. The lowest BCUT2D eigenvalue weighted by Gasteiger charge is -2.13. The van der Waals surface area contributed by atoms with Crippen molar-refractivity contribution in [2.75, 3.05) is 7.11 Å². The van der Waals surface area contributed by atoms with Crippen molar-refractivity contribution in [3.8, 4) is 17.2 Å². The number of benzene rings is 2. The largest absolute Gasteiger partial charge is 0.507 e. The quantitative estimate of drug-likeness (QED) is 0.805. The molecule has 0 unspecified atom stereocenters. The lowest BCUT2D eigenvalue weighted by molar-refractivity contribution is 0.0689. The second kappa shape index (κ2) is 5.75. The molecule has 5 nitrogen and oxygen atoms in total. The molecule has 2 rings (SSSR count). The summed E-state index contributed by atoms with van der Waals surface area (Å²) in [5, 5.41) is 29.3. The van der Waals surface area contributed by atoms with Gasteiger partial charge in [-0.05, 0) is 12.5 Å². The summed E-state index contributed by atoms with van der Waals surface area (Å²) < 4.78 is 4.89. The van der Waals surface area contributed by atoms with Gasteiger partial charge in [0.1, 0.15) is 22.8 Å². The molecule has 3 N–H and O–H groups in total. The normalized spacial score (nSPS) is 10.4. The first-order valence-electron chi connectivity index (χ1n) is 6.34. The number of carboxylic acids is 1. The van der Waals surface area contributed by atoms with Gasteiger partial charge in [-0.1, -0.05) is 29.8 Å². The van der Waals surface area contributed by atoms with Gasteiger partial charge in [0.2, 0.25) is 0 Å².